The van der Waals surface area contributed by atoms with Gasteiger partial charge in [-0.2, -0.15) is 0 Å². The smallest absolute Gasteiger partial charge is 0.250 e. The Morgan fingerprint density at radius 1 is 1.20 bits per heavy atom. The molecular weight excluding hydrogens is 250 g/mol. The van der Waals surface area contributed by atoms with Crippen molar-refractivity contribution in [3.63, 3.8) is 0 Å². The predicted octanol–water partition coefficient (Wildman–Crippen LogP) is 3.22. The molecule has 3 N–H and O–H groups in total. The van der Waals surface area contributed by atoms with E-state index in [1.165, 1.54) is 19.3 Å². The van der Waals surface area contributed by atoms with E-state index in [1.807, 2.05) is 18.2 Å². The fraction of sp³-hybridized carbons (Fsp3) is 0.375. The molecule has 0 radical (unpaired) electrons. The lowest BCUT2D eigenvalue weighted by molar-refractivity contribution is 0.0998. The minimum atomic E-state index is -0.345. The van der Waals surface area contributed by atoms with Crippen LogP contribution in [0.1, 0.15) is 54.1 Å². The van der Waals surface area contributed by atoms with Crippen LogP contribution in [0.5, 0.6) is 0 Å². The molecule has 0 unspecified atom stereocenters. The number of H-pyrrole nitrogens is 1. The number of amides is 1. The summed E-state index contributed by atoms with van der Waals surface area (Å²) in [6.45, 7) is 0. The first kappa shape index (κ1) is 12.9. The van der Waals surface area contributed by atoms with Gasteiger partial charge in [-0.05, 0) is 37.0 Å². The minimum absolute atomic E-state index is 0.345. The van der Waals surface area contributed by atoms with Gasteiger partial charge in [0.2, 0.25) is 0 Å². The van der Waals surface area contributed by atoms with Gasteiger partial charge in [0.05, 0.1) is 5.56 Å². The maximum atomic E-state index is 11.7. The Hall–Kier alpha value is -2.10. The second-order valence-electron chi connectivity index (χ2n) is 5.45. The highest BCUT2D eigenvalue weighted by Gasteiger charge is 2.23. The molecule has 4 nitrogen and oxygen atoms in total. The van der Waals surface area contributed by atoms with Gasteiger partial charge in [-0.15, -0.1) is 0 Å². The monoisotopic (exact) mass is 269 g/mol. The average molecular weight is 269 g/mol. The van der Waals surface area contributed by atoms with E-state index in [-0.39, 0.29) is 5.91 Å². The van der Waals surface area contributed by atoms with Crippen molar-refractivity contribution in [2.75, 3.05) is 0 Å². The highest BCUT2D eigenvalue weighted by atomic mass is 16.1. The molecule has 0 aromatic carbocycles. The first-order valence-electron chi connectivity index (χ1n) is 7.19. The van der Waals surface area contributed by atoms with Crippen LogP contribution in [0.2, 0.25) is 0 Å². The van der Waals surface area contributed by atoms with Crippen molar-refractivity contribution in [2.45, 2.75) is 38.0 Å². The third-order valence-electron chi connectivity index (χ3n) is 4.12. The molecule has 1 aliphatic rings. The number of nitrogens with one attached hydrogen (secondary N) is 1. The zero-order chi connectivity index (χ0) is 13.9. The zero-order valence-electron chi connectivity index (χ0n) is 11.4. The van der Waals surface area contributed by atoms with Gasteiger partial charge in [0, 0.05) is 29.3 Å². The van der Waals surface area contributed by atoms with E-state index in [1.54, 1.807) is 12.4 Å². The maximum absolute atomic E-state index is 11.7. The molecule has 20 heavy (non-hydrogen) atoms. The van der Waals surface area contributed by atoms with Crippen molar-refractivity contribution in [3.05, 3.63) is 41.9 Å². The molecule has 0 spiro atoms. The molecule has 1 aliphatic carbocycles. The van der Waals surface area contributed by atoms with Crippen LogP contribution in [0.25, 0.3) is 11.3 Å². The molecule has 4 heteroatoms. The summed E-state index contributed by atoms with van der Waals surface area (Å²) in [5, 5.41) is 0. The SMILES string of the molecule is NC(=O)c1cc(-c2ccncc2)[nH]c1C1CCCCC1. The quantitative estimate of drug-likeness (QED) is 0.898. The van der Waals surface area contributed by atoms with Crippen molar-refractivity contribution < 1.29 is 4.79 Å². The third-order valence-corrected chi connectivity index (χ3v) is 4.12. The first-order chi connectivity index (χ1) is 9.75. The summed E-state index contributed by atoms with van der Waals surface area (Å²) in [5.74, 6) is 0.0870. The van der Waals surface area contributed by atoms with Crippen molar-refractivity contribution in [1.29, 1.82) is 0 Å². The summed E-state index contributed by atoms with van der Waals surface area (Å²) >= 11 is 0. The third kappa shape index (κ3) is 2.46. The summed E-state index contributed by atoms with van der Waals surface area (Å²) < 4.78 is 0. The zero-order valence-corrected chi connectivity index (χ0v) is 11.4. The van der Waals surface area contributed by atoms with Crippen molar-refractivity contribution in [2.24, 2.45) is 5.73 Å². The van der Waals surface area contributed by atoms with Crippen LogP contribution in [0, 0.1) is 0 Å². The largest absolute Gasteiger partial charge is 0.366 e. The second-order valence-corrected chi connectivity index (χ2v) is 5.45. The summed E-state index contributed by atoms with van der Waals surface area (Å²) in [6.07, 6.45) is 9.52. The number of nitrogens with two attached hydrogens (primary N) is 1. The van der Waals surface area contributed by atoms with Crippen LogP contribution < -0.4 is 5.73 Å². The van der Waals surface area contributed by atoms with Crippen LogP contribution in [0.3, 0.4) is 0 Å². The van der Waals surface area contributed by atoms with E-state index in [0.29, 0.717) is 11.5 Å². The lowest BCUT2D eigenvalue weighted by Gasteiger charge is -2.21. The number of carbonyl (C=O) groups excluding carboxylic acids is 1. The maximum Gasteiger partial charge on any atom is 0.250 e. The van der Waals surface area contributed by atoms with Gasteiger partial charge in [-0.25, -0.2) is 0 Å². The van der Waals surface area contributed by atoms with E-state index in [0.717, 1.165) is 29.8 Å². The van der Waals surface area contributed by atoms with Crippen LogP contribution in [0.4, 0.5) is 0 Å². The molecule has 104 valence electrons. The van der Waals surface area contributed by atoms with Gasteiger partial charge in [-0.3, -0.25) is 9.78 Å². The van der Waals surface area contributed by atoms with E-state index in [2.05, 4.69) is 9.97 Å². The number of pyridine rings is 1. The molecule has 1 amide bonds. The molecule has 2 heterocycles. The Balaban J connectivity index is 2.00. The minimum Gasteiger partial charge on any atom is -0.366 e. The average Bonchev–Trinajstić information content (AvgIpc) is 2.94. The van der Waals surface area contributed by atoms with Crippen molar-refractivity contribution in [1.82, 2.24) is 9.97 Å². The molecule has 3 rings (SSSR count). The van der Waals surface area contributed by atoms with Gasteiger partial charge in [-0.1, -0.05) is 19.3 Å². The van der Waals surface area contributed by atoms with Crippen LogP contribution in [0.15, 0.2) is 30.6 Å². The van der Waals surface area contributed by atoms with E-state index in [4.69, 9.17) is 5.73 Å². The summed E-state index contributed by atoms with van der Waals surface area (Å²) in [6, 6.07) is 5.74. The second kappa shape index (κ2) is 5.49. The number of carbonyl (C=O) groups is 1. The Bertz CT molecular complexity index is 597. The van der Waals surface area contributed by atoms with E-state index < -0.39 is 0 Å². The van der Waals surface area contributed by atoms with Gasteiger partial charge in [0.15, 0.2) is 0 Å². The van der Waals surface area contributed by atoms with E-state index in [9.17, 15) is 4.79 Å². The standard InChI is InChI=1S/C16H19N3O/c17-16(20)13-10-14(11-6-8-18-9-7-11)19-15(13)12-4-2-1-3-5-12/h6-10,12,19H,1-5H2,(H2,17,20). The van der Waals surface area contributed by atoms with E-state index >= 15 is 0 Å². The Morgan fingerprint density at radius 3 is 2.55 bits per heavy atom. The number of aromatic nitrogens is 2. The summed E-state index contributed by atoms with van der Waals surface area (Å²) in [4.78, 5) is 19.1. The van der Waals surface area contributed by atoms with Gasteiger partial charge in [0.25, 0.3) is 5.91 Å². The normalized spacial score (nSPS) is 16.2. The van der Waals surface area contributed by atoms with Gasteiger partial charge in [0.1, 0.15) is 0 Å². The molecule has 0 saturated heterocycles. The predicted molar refractivity (Wildman–Crippen MR) is 78.4 cm³/mol. The number of hydrogen-bond acceptors (Lipinski definition) is 2. The molecular formula is C16H19N3O. The molecule has 0 aliphatic heterocycles. The molecule has 1 fully saturated rings. The number of hydrogen-bond donors (Lipinski definition) is 2. The van der Waals surface area contributed by atoms with Crippen LogP contribution in [-0.2, 0) is 0 Å². The fourth-order valence-corrected chi connectivity index (χ4v) is 3.07. The highest BCUT2D eigenvalue weighted by Crippen LogP contribution is 2.35. The van der Waals surface area contributed by atoms with Crippen LogP contribution in [-0.4, -0.2) is 15.9 Å². The summed E-state index contributed by atoms with van der Waals surface area (Å²) in [7, 11) is 0. The highest BCUT2D eigenvalue weighted by molar-refractivity contribution is 5.95. The van der Waals surface area contributed by atoms with Crippen LogP contribution >= 0.6 is 0 Å². The van der Waals surface area contributed by atoms with Crippen molar-refractivity contribution >= 4 is 5.91 Å². The fourth-order valence-electron chi connectivity index (χ4n) is 3.07. The number of aromatic amines is 1. The number of rotatable bonds is 3. The molecule has 2 aromatic heterocycles. The molecule has 0 atom stereocenters. The first-order valence-corrected chi connectivity index (χ1v) is 7.19. The lowest BCUT2D eigenvalue weighted by atomic mass is 9.85. The lowest BCUT2D eigenvalue weighted by Crippen LogP contribution is -2.15. The number of nitrogens with zero attached hydrogens (tertiary/aromatic N) is 1. The van der Waals surface area contributed by atoms with Gasteiger partial charge >= 0.3 is 0 Å². The Kier molecular flexibility index (Phi) is 3.54. The molecule has 1 saturated carbocycles. The topological polar surface area (TPSA) is 71.8 Å². The summed E-state index contributed by atoms with van der Waals surface area (Å²) in [5.41, 5.74) is 9.18. The molecule has 2 aromatic rings. The Labute approximate surface area is 118 Å². The van der Waals surface area contributed by atoms with Gasteiger partial charge < -0.3 is 10.7 Å². The Morgan fingerprint density at radius 2 is 1.90 bits per heavy atom. The van der Waals surface area contributed by atoms with Crippen molar-refractivity contribution in [3.8, 4) is 11.3 Å². The number of primary amides is 1. The molecule has 0 bridgehead atoms.